The number of morpholine rings is 1. The van der Waals surface area contributed by atoms with Crippen LogP contribution in [0.5, 0.6) is 11.5 Å². The van der Waals surface area contributed by atoms with Gasteiger partial charge in [0.2, 0.25) is 26.6 Å². The van der Waals surface area contributed by atoms with Crippen molar-refractivity contribution in [1.82, 2.24) is 9.88 Å². The van der Waals surface area contributed by atoms with E-state index in [0.717, 1.165) is 39.3 Å². The largest absolute Gasteiger partial charge is 0.486 e. The molecule has 0 aliphatic carbocycles. The minimum absolute atomic E-state index is 0.0501. The van der Waals surface area contributed by atoms with E-state index in [4.69, 9.17) is 30.2 Å². The van der Waals surface area contributed by atoms with Crippen LogP contribution in [0.25, 0.3) is 11.5 Å². The van der Waals surface area contributed by atoms with Crippen LogP contribution in [-0.2, 0) is 14.6 Å². The van der Waals surface area contributed by atoms with Crippen LogP contribution in [0.3, 0.4) is 0 Å². The van der Waals surface area contributed by atoms with Gasteiger partial charge in [-0.05, 0) is 49.4 Å². The van der Waals surface area contributed by atoms with Crippen molar-refractivity contribution in [2.24, 2.45) is 0 Å². The molecule has 2 aliphatic rings. The van der Waals surface area contributed by atoms with Crippen molar-refractivity contribution in [2.45, 2.75) is 16.3 Å². The molecule has 0 spiro atoms. The van der Waals surface area contributed by atoms with Gasteiger partial charge in [0.05, 0.1) is 18.1 Å². The molecule has 11 heteroatoms. The number of ether oxygens (including phenoxy) is 3. The van der Waals surface area contributed by atoms with E-state index in [2.05, 4.69) is 15.2 Å². The zero-order valence-electron chi connectivity index (χ0n) is 19.0. The third-order valence-electron chi connectivity index (χ3n) is 5.81. The summed E-state index contributed by atoms with van der Waals surface area (Å²) >= 11 is 6.00. The molecule has 9 nitrogen and oxygen atoms in total. The van der Waals surface area contributed by atoms with Gasteiger partial charge in [-0.2, -0.15) is 4.98 Å². The van der Waals surface area contributed by atoms with Gasteiger partial charge < -0.3 is 23.9 Å². The maximum atomic E-state index is 13.6. The fourth-order valence-electron chi connectivity index (χ4n) is 3.95. The third-order valence-corrected chi connectivity index (χ3v) is 7.72. The van der Waals surface area contributed by atoms with Crippen LogP contribution in [0.1, 0.15) is 6.42 Å². The molecule has 3 aromatic rings. The lowest BCUT2D eigenvalue weighted by Gasteiger charge is -2.26. The third kappa shape index (κ3) is 5.40. The van der Waals surface area contributed by atoms with Crippen molar-refractivity contribution in [3.63, 3.8) is 0 Å². The van der Waals surface area contributed by atoms with Gasteiger partial charge in [-0.15, -0.1) is 0 Å². The van der Waals surface area contributed by atoms with E-state index in [1.54, 1.807) is 30.3 Å². The first-order valence-electron chi connectivity index (χ1n) is 11.5. The van der Waals surface area contributed by atoms with Gasteiger partial charge in [0.1, 0.15) is 13.2 Å². The van der Waals surface area contributed by atoms with Gasteiger partial charge in [-0.3, -0.25) is 4.90 Å². The van der Waals surface area contributed by atoms with Gasteiger partial charge in [-0.1, -0.05) is 11.6 Å². The van der Waals surface area contributed by atoms with E-state index in [9.17, 15) is 8.42 Å². The van der Waals surface area contributed by atoms with Gasteiger partial charge in [0.15, 0.2) is 11.5 Å². The summed E-state index contributed by atoms with van der Waals surface area (Å²) in [6.07, 6.45) is 0.806. The average Bonchev–Trinajstić information content (AvgIpc) is 3.32. The minimum Gasteiger partial charge on any atom is -0.486 e. The van der Waals surface area contributed by atoms with Gasteiger partial charge in [0.25, 0.3) is 0 Å². The summed E-state index contributed by atoms with van der Waals surface area (Å²) in [5.74, 6) is 1.19. The molecule has 1 fully saturated rings. The lowest BCUT2D eigenvalue weighted by Crippen LogP contribution is -2.37. The summed E-state index contributed by atoms with van der Waals surface area (Å²) in [5, 5.41) is 3.53. The second kappa shape index (κ2) is 10.4. The zero-order chi connectivity index (χ0) is 24.3. The Morgan fingerprint density at radius 2 is 1.71 bits per heavy atom. The molecule has 0 saturated carbocycles. The number of oxazole rings is 1. The van der Waals surface area contributed by atoms with Crippen LogP contribution < -0.4 is 14.8 Å². The summed E-state index contributed by atoms with van der Waals surface area (Å²) in [5.41, 5.74) is 0.620. The number of hydrogen-bond donors (Lipinski definition) is 1. The van der Waals surface area contributed by atoms with Crippen LogP contribution in [0.15, 0.2) is 56.8 Å². The van der Waals surface area contributed by atoms with E-state index in [0.29, 0.717) is 41.8 Å². The van der Waals surface area contributed by atoms with E-state index in [-0.39, 0.29) is 21.7 Å². The highest BCUT2D eigenvalue weighted by molar-refractivity contribution is 7.91. The Bertz CT molecular complexity index is 1270. The van der Waals surface area contributed by atoms with Crippen LogP contribution >= 0.6 is 11.6 Å². The summed E-state index contributed by atoms with van der Waals surface area (Å²) in [6.45, 7) is 5.44. The number of nitrogens with one attached hydrogen (secondary N) is 1. The number of halogens is 1. The molecule has 2 aliphatic heterocycles. The van der Waals surface area contributed by atoms with E-state index >= 15 is 0 Å². The Kier molecular flexibility index (Phi) is 7.14. The van der Waals surface area contributed by atoms with Crippen molar-refractivity contribution >= 4 is 27.3 Å². The molecule has 3 heterocycles. The second-order valence-electron chi connectivity index (χ2n) is 8.20. The Morgan fingerprint density at radius 3 is 2.49 bits per heavy atom. The van der Waals surface area contributed by atoms with E-state index in [1.165, 1.54) is 12.1 Å². The smallest absolute Gasteiger partial charge is 0.233 e. The molecule has 0 bridgehead atoms. The summed E-state index contributed by atoms with van der Waals surface area (Å²) in [6, 6.07) is 11.4. The molecule has 5 rings (SSSR count). The number of benzene rings is 2. The average molecular weight is 520 g/mol. The molecule has 1 saturated heterocycles. The molecule has 0 radical (unpaired) electrons. The predicted molar refractivity (Wildman–Crippen MR) is 130 cm³/mol. The lowest BCUT2D eigenvalue weighted by atomic mass is 10.2. The van der Waals surface area contributed by atoms with Crippen molar-refractivity contribution in [3.8, 4) is 23.0 Å². The first-order chi connectivity index (χ1) is 17.0. The number of anilines is 1. The molecule has 2 aromatic carbocycles. The highest BCUT2D eigenvalue weighted by Crippen LogP contribution is 2.37. The molecule has 1 N–H and O–H groups in total. The Hall–Kier alpha value is -2.79. The van der Waals surface area contributed by atoms with Gasteiger partial charge in [-0.25, -0.2) is 8.42 Å². The fourth-order valence-corrected chi connectivity index (χ4v) is 5.37. The highest BCUT2D eigenvalue weighted by atomic mass is 35.5. The molecule has 35 heavy (non-hydrogen) atoms. The van der Waals surface area contributed by atoms with Crippen LogP contribution in [-0.4, -0.2) is 70.9 Å². The fraction of sp³-hybridized carbons (Fsp3) is 0.375. The molecular formula is C24H26ClN3O6S. The Balaban J connectivity index is 1.41. The molecule has 0 unspecified atom stereocenters. The van der Waals surface area contributed by atoms with E-state index in [1.807, 2.05) is 0 Å². The number of fused-ring (bicyclic) bond motifs is 1. The van der Waals surface area contributed by atoms with Crippen molar-refractivity contribution in [3.05, 3.63) is 47.5 Å². The first kappa shape index (κ1) is 23.9. The number of nitrogens with zero attached hydrogens (tertiary/aromatic N) is 2. The minimum atomic E-state index is -4.01. The summed E-state index contributed by atoms with van der Waals surface area (Å²) in [4.78, 5) is 6.75. The van der Waals surface area contributed by atoms with Crippen LogP contribution in [0.2, 0.25) is 5.02 Å². The topological polar surface area (TPSA) is 103 Å². The Labute approximate surface area is 208 Å². The highest BCUT2D eigenvalue weighted by Gasteiger charge is 2.30. The SMILES string of the molecule is O=S(=O)(c1ccc2c(c1)OCCO2)c1nc(-c2ccc(Cl)cc2)oc1NCCCN1CCOCC1. The second-order valence-corrected chi connectivity index (χ2v) is 10.5. The van der Waals surface area contributed by atoms with Gasteiger partial charge in [0, 0.05) is 36.3 Å². The van der Waals surface area contributed by atoms with Crippen molar-refractivity contribution < 1.29 is 27.0 Å². The van der Waals surface area contributed by atoms with Crippen molar-refractivity contribution in [1.29, 1.82) is 0 Å². The van der Waals surface area contributed by atoms with Crippen molar-refractivity contribution in [2.75, 3.05) is 57.9 Å². The number of aromatic nitrogens is 1. The molecular weight excluding hydrogens is 494 g/mol. The maximum absolute atomic E-state index is 13.6. The molecule has 1 aromatic heterocycles. The normalized spacial score (nSPS) is 16.3. The number of sulfone groups is 1. The molecule has 0 atom stereocenters. The summed E-state index contributed by atoms with van der Waals surface area (Å²) < 4.78 is 49.6. The monoisotopic (exact) mass is 519 g/mol. The number of rotatable bonds is 8. The predicted octanol–water partition coefficient (Wildman–Crippen LogP) is 3.73. The molecule has 186 valence electrons. The van der Waals surface area contributed by atoms with Crippen LogP contribution in [0.4, 0.5) is 5.88 Å². The number of hydrogen-bond acceptors (Lipinski definition) is 9. The lowest BCUT2D eigenvalue weighted by molar-refractivity contribution is 0.0378. The summed E-state index contributed by atoms with van der Waals surface area (Å²) in [7, 11) is -4.01. The molecule has 0 amide bonds. The van der Waals surface area contributed by atoms with Gasteiger partial charge >= 0.3 is 0 Å². The standard InChI is InChI=1S/C24H26ClN3O6S/c25-18-4-2-17(3-5-18)22-27-24(23(34-22)26-8-1-9-28-10-12-31-13-11-28)35(29,30)19-6-7-20-21(16-19)33-15-14-32-20/h2-7,16,26H,1,8-15H2. The Morgan fingerprint density at radius 1 is 0.971 bits per heavy atom. The van der Waals surface area contributed by atoms with E-state index < -0.39 is 9.84 Å². The quantitative estimate of drug-likeness (QED) is 0.446. The zero-order valence-corrected chi connectivity index (χ0v) is 20.6. The van der Waals surface area contributed by atoms with Crippen LogP contribution in [0, 0.1) is 0 Å². The first-order valence-corrected chi connectivity index (χ1v) is 13.3. The maximum Gasteiger partial charge on any atom is 0.233 e.